The van der Waals surface area contributed by atoms with Crippen LogP contribution in [0.4, 0.5) is 5.82 Å². The van der Waals surface area contributed by atoms with E-state index in [4.69, 9.17) is 4.74 Å². The van der Waals surface area contributed by atoms with Crippen LogP contribution in [0.5, 0.6) is 0 Å². The predicted molar refractivity (Wildman–Crippen MR) is 129 cm³/mol. The second kappa shape index (κ2) is 11.9. The molecule has 9 heteroatoms. The zero-order valence-electron chi connectivity index (χ0n) is 18.5. The number of benzene rings is 2. The van der Waals surface area contributed by atoms with Gasteiger partial charge in [-0.25, -0.2) is 9.48 Å². The molecule has 2 N–H and O–H groups in total. The van der Waals surface area contributed by atoms with Crippen LogP contribution in [-0.2, 0) is 14.3 Å². The Labute approximate surface area is 196 Å². The minimum absolute atomic E-state index is 0.370. The van der Waals surface area contributed by atoms with Crippen molar-refractivity contribution in [1.29, 1.82) is 0 Å². The first-order valence-electron chi connectivity index (χ1n) is 10.4. The molecule has 0 saturated heterocycles. The maximum atomic E-state index is 12.6. The van der Waals surface area contributed by atoms with Gasteiger partial charge in [0.2, 0.25) is 0 Å². The standard InChI is InChI=1S/C24H26N4O4S/c1-17-15-21(28(27-17)19-11-7-4-8-12-19)26-22(29)16-32-24(31)20(13-14-33-2)25-23(30)18-9-5-3-6-10-18/h3-12,15,20H,13-14,16H2,1-2H3,(H,25,30)(H,26,29)/t20-/m0/s1. The summed E-state index contributed by atoms with van der Waals surface area (Å²) in [6.07, 6.45) is 2.30. The Morgan fingerprint density at radius 1 is 1.06 bits per heavy atom. The molecule has 3 aromatic rings. The Morgan fingerprint density at radius 2 is 1.73 bits per heavy atom. The third-order valence-corrected chi connectivity index (χ3v) is 5.33. The summed E-state index contributed by atoms with van der Waals surface area (Å²) >= 11 is 1.55. The molecule has 2 amide bonds. The fraction of sp³-hybridized carbons (Fsp3) is 0.250. The topological polar surface area (TPSA) is 102 Å². The van der Waals surface area contributed by atoms with Gasteiger partial charge in [0, 0.05) is 11.6 Å². The van der Waals surface area contributed by atoms with E-state index in [2.05, 4.69) is 15.7 Å². The van der Waals surface area contributed by atoms with Crippen molar-refractivity contribution in [2.75, 3.05) is 23.9 Å². The van der Waals surface area contributed by atoms with E-state index < -0.39 is 24.5 Å². The highest BCUT2D eigenvalue weighted by Crippen LogP contribution is 2.17. The number of ether oxygens (including phenoxy) is 1. The maximum Gasteiger partial charge on any atom is 0.329 e. The number of amides is 2. The minimum atomic E-state index is -0.852. The first kappa shape index (κ1) is 24.1. The average Bonchev–Trinajstić information content (AvgIpc) is 3.20. The Hall–Kier alpha value is -3.59. The lowest BCUT2D eigenvalue weighted by Gasteiger charge is -2.17. The van der Waals surface area contributed by atoms with Crippen molar-refractivity contribution in [2.45, 2.75) is 19.4 Å². The van der Waals surface area contributed by atoms with Crippen molar-refractivity contribution in [3.63, 3.8) is 0 Å². The van der Waals surface area contributed by atoms with Gasteiger partial charge in [-0.1, -0.05) is 36.4 Å². The molecule has 0 bridgehead atoms. The van der Waals surface area contributed by atoms with Gasteiger partial charge in [0.25, 0.3) is 11.8 Å². The lowest BCUT2D eigenvalue weighted by atomic mass is 10.1. The first-order valence-corrected chi connectivity index (χ1v) is 11.8. The number of anilines is 1. The Bertz CT molecular complexity index is 1090. The van der Waals surface area contributed by atoms with E-state index in [0.29, 0.717) is 23.6 Å². The molecule has 0 aliphatic rings. The van der Waals surface area contributed by atoms with Gasteiger partial charge in [0.15, 0.2) is 6.61 Å². The molecule has 172 valence electrons. The van der Waals surface area contributed by atoms with Crippen LogP contribution in [0.3, 0.4) is 0 Å². The molecule has 0 unspecified atom stereocenters. The van der Waals surface area contributed by atoms with Crippen LogP contribution < -0.4 is 10.6 Å². The van der Waals surface area contributed by atoms with Gasteiger partial charge in [-0.05, 0) is 49.6 Å². The predicted octanol–water partition coefficient (Wildman–Crippen LogP) is 3.21. The molecule has 33 heavy (non-hydrogen) atoms. The van der Waals surface area contributed by atoms with Gasteiger partial charge in [0.05, 0.1) is 11.4 Å². The van der Waals surface area contributed by atoms with Crippen LogP contribution >= 0.6 is 11.8 Å². The molecule has 0 saturated carbocycles. The fourth-order valence-electron chi connectivity index (χ4n) is 3.09. The third kappa shape index (κ3) is 6.95. The Kier molecular flexibility index (Phi) is 8.65. The number of nitrogens with one attached hydrogen (secondary N) is 2. The van der Waals surface area contributed by atoms with E-state index in [0.717, 1.165) is 11.4 Å². The van der Waals surface area contributed by atoms with E-state index >= 15 is 0 Å². The highest BCUT2D eigenvalue weighted by atomic mass is 32.2. The number of aryl methyl sites for hydroxylation is 1. The van der Waals surface area contributed by atoms with Crippen molar-refractivity contribution in [1.82, 2.24) is 15.1 Å². The average molecular weight is 467 g/mol. The van der Waals surface area contributed by atoms with Crippen LogP contribution in [0.25, 0.3) is 5.69 Å². The molecule has 2 aromatic carbocycles. The third-order valence-electron chi connectivity index (χ3n) is 4.68. The molecule has 0 aliphatic carbocycles. The molecule has 3 rings (SSSR count). The number of esters is 1. The summed E-state index contributed by atoms with van der Waals surface area (Å²) < 4.78 is 6.83. The molecule has 1 aromatic heterocycles. The maximum absolute atomic E-state index is 12.6. The van der Waals surface area contributed by atoms with Crippen molar-refractivity contribution in [3.05, 3.63) is 78.0 Å². The number of nitrogens with zero attached hydrogens (tertiary/aromatic N) is 2. The van der Waals surface area contributed by atoms with E-state index in [9.17, 15) is 14.4 Å². The van der Waals surface area contributed by atoms with Crippen molar-refractivity contribution >= 4 is 35.4 Å². The number of hydrogen-bond donors (Lipinski definition) is 2. The van der Waals surface area contributed by atoms with Gasteiger partial charge < -0.3 is 15.4 Å². The van der Waals surface area contributed by atoms with Gasteiger partial charge in [-0.2, -0.15) is 16.9 Å². The van der Waals surface area contributed by atoms with Crippen molar-refractivity contribution in [3.8, 4) is 5.69 Å². The fourth-order valence-corrected chi connectivity index (χ4v) is 3.56. The summed E-state index contributed by atoms with van der Waals surface area (Å²) in [5.74, 6) is -0.410. The normalized spacial score (nSPS) is 11.5. The summed E-state index contributed by atoms with van der Waals surface area (Å²) in [6.45, 7) is 1.34. The van der Waals surface area contributed by atoms with Gasteiger partial charge in [0.1, 0.15) is 11.9 Å². The lowest BCUT2D eigenvalue weighted by molar-refractivity contribution is -0.149. The minimum Gasteiger partial charge on any atom is -0.454 e. The van der Waals surface area contributed by atoms with Crippen LogP contribution in [-0.4, -0.2) is 52.2 Å². The Morgan fingerprint density at radius 3 is 2.39 bits per heavy atom. The number of rotatable bonds is 10. The summed E-state index contributed by atoms with van der Waals surface area (Å²) in [6, 6.07) is 18.9. The van der Waals surface area contributed by atoms with Gasteiger partial charge >= 0.3 is 5.97 Å². The van der Waals surface area contributed by atoms with E-state index in [1.807, 2.05) is 43.5 Å². The van der Waals surface area contributed by atoms with Crippen molar-refractivity contribution < 1.29 is 19.1 Å². The zero-order chi connectivity index (χ0) is 23.6. The van der Waals surface area contributed by atoms with Crippen LogP contribution in [0, 0.1) is 6.92 Å². The highest BCUT2D eigenvalue weighted by Gasteiger charge is 2.23. The van der Waals surface area contributed by atoms with E-state index in [1.165, 1.54) is 0 Å². The number of aromatic nitrogens is 2. The molecule has 0 aliphatic heterocycles. The molecule has 0 radical (unpaired) electrons. The summed E-state index contributed by atoms with van der Waals surface area (Å²) in [7, 11) is 0. The zero-order valence-corrected chi connectivity index (χ0v) is 19.3. The largest absolute Gasteiger partial charge is 0.454 e. The second-order valence-electron chi connectivity index (χ2n) is 7.25. The quantitative estimate of drug-likeness (QED) is 0.445. The first-order chi connectivity index (χ1) is 16.0. The van der Waals surface area contributed by atoms with Crippen LogP contribution in [0.1, 0.15) is 22.5 Å². The second-order valence-corrected chi connectivity index (χ2v) is 8.23. The summed E-state index contributed by atoms with van der Waals surface area (Å²) in [4.78, 5) is 37.6. The van der Waals surface area contributed by atoms with Gasteiger partial charge in [-0.15, -0.1) is 0 Å². The number of thioether (sulfide) groups is 1. The molecule has 0 spiro atoms. The van der Waals surface area contributed by atoms with Crippen LogP contribution in [0.15, 0.2) is 66.7 Å². The lowest BCUT2D eigenvalue weighted by Crippen LogP contribution is -2.43. The molecule has 8 nitrogen and oxygen atoms in total. The SMILES string of the molecule is CSCC[C@H](NC(=O)c1ccccc1)C(=O)OCC(=O)Nc1cc(C)nn1-c1ccccc1. The monoisotopic (exact) mass is 466 g/mol. The molecule has 0 fully saturated rings. The number of carbonyl (C=O) groups is 3. The number of hydrogen-bond acceptors (Lipinski definition) is 6. The number of carbonyl (C=O) groups excluding carboxylic acids is 3. The molecular weight excluding hydrogens is 440 g/mol. The highest BCUT2D eigenvalue weighted by molar-refractivity contribution is 7.98. The van der Waals surface area contributed by atoms with E-state index in [-0.39, 0.29) is 5.91 Å². The van der Waals surface area contributed by atoms with Crippen molar-refractivity contribution in [2.24, 2.45) is 0 Å². The number of para-hydroxylation sites is 1. The smallest absolute Gasteiger partial charge is 0.329 e. The Balaban J connectivity index is 1.60. The molecule has 1 heterocycles. The molecular formula is C24H26N4O4S. The van der Waals surface area contributed by atoms with Gasteiger partial charge in [-0.3, -0.25) is 9.59 Å². The summed E-state index contributed by atoms with van der Waals surface area (Å²) in [5.41, 5.74) is 1.97. The molecule has 1 atom stereocenters. The van der Waals surface area contributed by atoms with E-state index in [1.54, 1.807) is 52.8 Å². The van der Waals surface area contributed by atoms with Crippen LogP contribution in [0.2, 0.25) is 0 Å². The summed E-state index contributed by atoms with van der Waals surface area (Å²) in [5, 5.41) is 9.83.